The fourth-order valence-corrected chi connectivity index (χ4v) is 3.76. The van der Waals surface area contributed by atoms with E-state index in [-0.39, 0.29) is 10.6 Å². The lowest BCUT2D eigenvalue weighted by atomic mass is 9.95. The second kappa shape index (κ2) is 5.16. The fourth-order valence-electron chi connectivity index (χ4n) is 3.56. The van der Waals surface area contributed by atoms with Crippen LogP contribution >= 0.6 is 11.6 Å². The lowest BCUT2D eigenvalue weighted by molar-refractivity contribution is 0.439. The van der Waals surface area contributed by atoms with Crippen LogP contribution < -0.4 is 10.9 Å². The second-order valence-corrected chi connectivity index (χ2v) is 6.20. The van der Waals surface area contributed by atoms with E-state index < -0.39 is 0 Å². The molecule has 2 aliphatic rings. The summed E-state index contributed by atoms with van der Waals surface area (Å²) in [7, 11) is 0. The molecule has 2 aliphatic carbocycles. The maximum atomic E-state index is 12.0. The van der Waals surface area contributed by atoms with Gasteiger partial charge in [0.1, 0.15) is 5.02 Å². The van der Waals surface area contributed by atoms with E-state index in [1.54, 1.807) is 6.20 Å². The summed E-state index contributed by atoms with van der Waals surface area (Å²) >= 11 is 6.18. The first-order chi connectivity index (χ1) is 9.19. The number of hydrogen-bond acceptors (Lipinski definition) is 3. The first-order valence-corrected chi connectivity index (χ1v) is 7.59. The average Bonchev–Trinajstić information content (AvgIpc) is 3.01. The summed E-state index contributed by atoms with van der Waals surface area (Å²) in [6, 6.07) is 0.472. The summed E-state index contributed by atoms with van der Waals surface area (Å²) < 4.78 is 1.44. The Morgan fingerprint density at radius 3 is 2.95 bits per heavy atom. The Bertz CT molecular complexity index is 528. The molecule has 4 nitrogen and oxygen atoms in total. The number of hydrogen-bond donors (Lipinski definition) is 1. The third-order valence-electron chi connectivity index (χ3n) is 4.50. The molecule has 0 radical (unpaired) electrons. The van der Waals surface area contributed by atoms with Gasteiger partial charge in [-0.05, 0) is 37.5 Å². The molecular weight excluding hydrogens is 262 g/mol. The Kier molecular flexibility index (Phi) is 3.52. The summed E-state index contributed by atoms with van der Waals surface area (Å²) in [6.07, 6.45) is 7.79. The highest BCUT2D eigenvalue weighted by Crippen LogP contribution is 2.45. The van der Waals surface area contributed by atoms with Gasteiger partial charge in [-0.3, -0.25) is 4.79 Å². The molecule has 1 aromatic heterocycles. The molecule has 0 spiro atoms. The van der Waals surface area contributed by atoms with Crippen LogP contribution in [0.1, 0.15) is 39.0 Å². The fraction of sp³-hybridized carbons (Fsp3) is 0.714. The smallest absolute Gasteiger partial charge is 0.287 e. The molecule has 3 atom stereocenters. The SMILES string of the molecule is CCCn1ncc(NC2CC3CCC2C3)c(Cl)c1=O. The molecule has 3 unspecified atom stereocenters. The van der Waals surface area contributed by atoms with Crippen LogP contribution in [-0.2, 0) is 6.54 Å². The highest BCUT2D eigenvalue weighted by molar-refractivity contribution is 6.32. The molecule has 2 bridgehead atoms. The van der Waals surface area contributed by atoms with Crippen LogP contribution in [0.2, 0.25) is 5.02 Å². The van der Waals surface area contributed by atoms with Crippen molar-refractivity contribution in [2.24, 2.45) is 11.8 Å². The van der Waals surface area contributed by atoms with Crippen LogP contribution in [0, 0.1) is 11.8 Å². The van der Waals surface area contributed by atoms with Crippen molar-refractivity contribution in [1.29, 1.82) is 0 Å². The van der Waals surface area contributed by atoms with E-state index in [0.29, 0.717) is 18.3 Å². The molecule has 1 N–H and O–H groups in total. The molecule has 0 aliphatic heterocycles. The molecule has 19 heavy (non-hydrogen) atoms. The van der Waals surface area contributed by atoms with Crippen LogP contribution in [0.3, 0.4) is 0 Å². The monoisotopic (exact) mass is 281 g/mol. The number of nitrogens with zero attached hydrogens (tertiary/aromatic N) is 2. The maximum Gasteiger partial charge on any atom is 0.287 e. The van der Waals surface area contributed by atoms with Gasteiger partial charge >= 0.3 is 0 Å². The normalized spacial score (nSPS) is 28.8. The molecule has 2 saturated carbocycles. The number of aryl methyl sites for hydroxylation is 1. The minimum atomic E-state index is -0.184. The average molecular weight is 282 g/mol. The molecule has 2 fully saturated rings. The quantitative estimate of drug-likeness (QED) is 0.923. The van der Waals surface area contributed by atoms with Gasteiger partial charge < -0.3 is 5.32 Å². The van der Waals surface area contributed by atoms with Crippen LogP contribution in [0.5, 0.6) is 0 Å². The molecule has 5 heteroatoms. The van der Waals surface area contributed by atoms with E-state index in [0.717, 1.165) is 18.3 Å². The molecular formula is C14H20ClN3O. The largest absolute Gasteiger partial charge is 0.379 e. The summed E-state index contributed by atoms with van der Waals surface area (Å²) in [4.78, 5) is 12.0. The molecule has 104 valence electrons. The van der Waals surface area contributed by atoms with Crippen LogP contribution in [0.25, 0.3) is 0 Å². The van der Waals surface area contributed by atoms with Crippen molar-refractivity contribution in [2.45, 2.75) is 51.6 Å². The van der Waals surface area contributed by atoms with E-state index in [1.165, 1.54) is 30.4 Å². The lowest BCUT2D eigenvalue weighted by Crippen LogP contribution is -2.29. The van der Waals surface area contributed by atoms with Crippen molar-refractivity contribution in [3.05, 3.63) is 21.6 Å². The van der Waals surface area contributed by atoms with Crippen LogP contribution in [0.4, 0.5) is 5.69 Å². The zero-order chi connectivity index (χ0) is 13.4. The Morgan fingerprint density at radius 1 is 1.47 bits per heavy atom. The topological polar surface area (TPSA) is 46.9 Å². The van der Waals surface area contributed by atoms with Gasteiger partial charge in [0.2, 0.25) is 0 Å². The Hall–Kier alpha value is -1.03. The summed E-state index contributed by atoms with van der Waals surface area (Å²) in [5.74, 6) is 1.62. The predicted molar refractivity (Wildman–Crippen MR) is 76.7 cm³/mol. The van der Waals surface area contributed by atoms with Gasteiger partial charge in [0, 0.05) is 12.6 Å². The van der Waals surface area contributed by atoms with Crippen molar-refractivity contribution in [2.75, 3.05) is 5.32 Å². The third kappa shape index (κ3) is 2.38. The Labute approximate surface area is 118 Å². The first-order valence-electron chi connectivity index (χ1n) is 7.21. The highest BCUT2D eigenvalue weighted by Gasteiger charge is 2.39. The van der Waals surface area contributed by atoms with Crippen molar-refractivity contribution < 1.29 is 0 Å². The van der Waals surface area contributed by atoms with E-state index in [9.17, 15) is 4.79 Å². The molecule has 0 saturated heterocycles. The van der Waals surface area contributed by atoms with Gasteiger partial charge in [0.25, 0.3) is 5.56 Å². The number of anilines is 1. The second-order valence-electron chi connectivity index (χ2n) is 5.83. The van der Waals surface area contributed by atoms with E-state index in [1.807, 2.05) is 6.92 Å². The van der Waals surface area contributed by atoms with Crippen molar-refractivity contribution >= 4 is 17.3 Å². The summed E-state index contributed by atoms with van der Waals surface area (Å²) in [5.41, 5.74) is 0.522. The number of rotatable bonds is 4. The van der Waals surface area contributed by atoms with E-state index >= 15 is 0 Å². The van der Waals surface area contributed by atoms with Gasteiger partial charge in [-0.2, -0.15) is 5.10 Å². The van der Waals surface area contributed by atoms with Gasteiger partial charge in [0.15, 0.2) is 0 Å². The summed E-state index contributed by atoms with van der Waals surface area (Å²) in [5, 5.41) is 7.92. The lowest BCUT2D eigenvalue weighted by Gasteiger charge is -2.24. The third-order valence-corrected chi connectivity index (χ3v) is 4.86. The molecule has 1 heterocycles. The number of halogens is 1. The number of fused-ring (bicyclic) bond motifs is 2. The summed E-state index contributed by atoms with van der Waals surface area (Å²) in [6.45, 7) is 2.64. The van der Waals surface area contributed by atoms with Gasteiger partial charge in [-0.15, -0.1) is 0 Å². The standard InChI is InChI=1S/C14H20ClN3O/c1-2-5-18-14(19)13(15)12(8-16-18)17-11-7-9-3-4-10(11)6-9/h8-11,17H,2-7H2,1H3. The van der Waals surface area contributed by atoms with Gasteiger partial charge in [-0.25, -0.2) is 4.68 Å². The zero-order valence-corrected chi connectivity index (χ0v) is 12.0. The van der Waals surface area contributed by atoms with Crippen molar-refractivity contribution in [3.8, 4) is 0 Å². The van der Waals surface area contributed by atoms with Gasteiger partial charge in [0.05, 0.1) is 11.9 Å². The predicted octanol–water partition coefficient (Wildman–Crippen LogP) is 2.91. The van der Waals surface area contributed by atoms with Crippen molar-refractivity contribution in [1.82, 2.24) is 9.78 Å². The molecule has 0 amide bonds. The molecule has 3 rings (SSSR count). The number of aromatic nitrogens is 2. The van der Waals surface area contributed by atoms with Gasteiger partial charge in [-0.1, -0.05) is 24.9 Å². The Morgan fingerprint density at radius 2 is 2.32 bits per heavy atom. The van der Waals surface area contributed by atoms with E-state index in [2.05, 4.69) is 10.4 Å². The minimum absolute atomic E-state index is 0.184. The van der Waals surface area contributed by atoms with Crippen molar-refractivity contribution in [3.63, 3.8) is 0 Å². The maximum absolute atomic E-state index is 12.0. The minimum Gasteiger partial charge on any atom is -0.379 e. The van der Waals surface area contributed by atoms with Crippen LogP contribution in [-0.4, -0.2) is 15.8 Å². The van der Waals surface area contributed by atoms with E-state index in [4.69, 9.17) is 11.6 Å². The Balaban J connectivity index is 1.78. The zero-order valence-electron chi connectivity index (χ0n) is 11.2. The molecule has 0 aromatic carbocycles. The first kappa shape index (κ1) is 13.0. The molecule has 1 aromatic rings. The highest BCUT2D eigenvalue weighted by atomic mass is 35.5. The van der Waals surface area contributed by atoms with Crippen LogP contribution in [0.15, 0.2) is 11.0 Å². The number of nitrogens with one attached hydrogen (secondary N) is 1.